The van der Waals surface area contributed by atoms with Crippen molar-refractivity contribution in [2.24, 2.45) is 5.41 Å². The molecule has 0 aliphatic heterocycles. The average Bonchev–Trinajstić information content (AvgIpc) is 2.84. The number of hydrogen-bond donors (Lipinski definition) is 1. The van der Waals surface area contributed by atoms with Gasteiger partial charge in [0.05, 0.1) is 6.10 Å². The number of alkyl halides is 1. The third-order valence-electron chi connectivity index (χ3n) is 5.51. The highest BCUT2D eigenvalue weighted by Gasteiger charge is 2.47. The maximum absolute atomic E-state index is 10.1. The van der Waals surface area contributed by atoms with Gasteiger partial charge < -0.3 is 5.11 Å². The number of aryl methyl sites for hydroxylation is 1. The zero-order valence-electron chi connectivity index (χ0n) is 13.1. The van der Waals surface area contributed by atoms with Crippen molar-refractivity contribution >= 4 is 38.3 Å². The quantitative estimate of drug-likeness (QED) is 0.585. The molecule has 2 aliphatic carbocycles. The second-order valence-corrected chi connectivity index (χ2v) is 7.63. The minimum absolute atomic E-state index is 0.124. The van der Waals surface area contributed by atoms with E-state index in [1.807, 2.05) is 0 Å². The maximum Gasteiger partial charge on any atom is 0.0551 e. The van der Waals surface area contributed by atoms with E-state index in [9.17, 15) is 5.11 Å². The molecule has 0 bridgehead atoms. The molecule has 2 aromatic rings. The molecule has 2 aromatic carbocycles. The van der Waals surface area contributed by atoms with Gasteiger partial charge in [0, 0.05) is 10.9 Å². The largest absolute Gasteiger partial charge is 0.393 e. The van der Waals surface area contributed by atoms with Crippen molar-refractivity contribution in [3.8, 4) is 0 Å². The van der Waals surface area contributed by atoms with Crippen LogP contribution in [0.2, 0.25) is 0 Å². The normalized spacial score (nSPS) is 29.5. The first-order valence-electron chi connectivity index (χ1n) is 7.84. The van der Waals surface area contributed by atoms with Crippen LogP contribution in [-0.2, 0) is 6.42 Å². The molecule has 3 atom stereocenters. The summed E-state index contributed by atoms with van der Waals surface area (Å²) in [4.78, 5) is 0. The van der Waals surface area contributed by atoms with Crippen molar-refractivity contribution in [1.82, 2.24) is 0 Å². The molecule has 4 rings (SSSR count). The molecule has 1 saturated carbocycles. The van der Waals surface area contributed by atoms with Crippen molar-refractivity contribution < 1.29 is 5.11 Å². The summed E-state index contributed by atoms with van der Waals surface area (Å²) < 4.78 is 1.19. The van der Waals surface area contributed by atoms with E-state index in [4.69, 9.17) is 0 Å². The van der Waals surface area contributed by atoms with E-state index < -0.39 is 0 Å². The molecule has 1 fully saturated rings. The minimum atomic E-state index is -0.124. The Labute approximate surface area is 145 Å². The van der Waals surface area contributed by atoms with E-state index in [-0.39, 0.29) is 11.5 Å². The molecule has 1 nitrogen and oxygen atoms in total. The smallest absolute Gasteiger partial charge is 0.0551 e. The van der Waals surface area contributed by atoms with E-state index in [0.717, 1.165) is 19.3 Å². The Balaban J connectivity index is 0.000000693. The van der Waals surface area contributed by atoms with Gasteiger partial charge in [-0.3, -0.25) is 0 Å². The van der Waals surface area contributed by atoms with Crippen LogP contribution < -0.4 is 0 Å². The Hall–Kier alpha value is -0.570. The van der Waals surface area contributed by atoms with Crippen LogP contribution in [0, 0.1) is 5.41 Å². The first kappa shape index (κ1) is 16.3. The molecule has 1 N–H and O–H groups in total. The van der Waals surface area contributed by atoms with Crippen LogP contribution in [0.3, 0.4) is 0 Å². The van der Waals surface area contributed by atoms with Gasteiger partial charge in [-0.05, 0) is 65.0 Å². The van der Waals surface area contributed by atoms with E-state index in [1.165, 1.54) is 39.2 Å². The topological polar surface area (TPSA) is 20.2 Å². The monoisotopic (exact) mass is 380 g/mol. The van der Waals surface area contributed by atoms with Crippen molar-refractivity contribution in [3.63, 3.8) is 0 Å². The van der Waals surface area contributed by atoms with Crippen molar-refractivity contribution in [2.75, 3.05) is 6.38 Å². The van der Waals surface area contributed by atoms with Gasteiger partial charge in [0.1, 0.15) is 0 Å². The highest BCUT2D eigenvalue weighted by molar-refractivity contribution is 9.10. The van der Waals surface area contributed by atoms with Gasteiger partial charge in [-0.25, -0.2) is 0 Å². The predicted octanol–water partition coefficient (Wildman–Crippen LogP) is 5.65. The van der Waals surface area contributed by atoms with Crippen LogP contribution in [0.4, 0.5) is 0 Å². The number of benzene rings is 2. The fourth-order valence-electron chi connectivity index (χ4n) is 4.51. The van der Waals surface area contributed by atoms with Gasteiger partial charge >= 0.3 is 0 Å². The lowest BCUT2D eigenvalue weighted by Crippen LogP contribution is -2.26. The van der Waals surface area contributed by atoms with Gasteiger partial charge in [-0.1, -0.05) is 47.1 Å². The minimum Gasteiger partial charge on any atom is -0.393 e. The zero-order chi connectivity index (χ0) is 15.9. The van der Waals surface area contributed by atoms with Crippen molar-refractivity contribution in [1.29, 1.82) is 0 Å². The number of rotatable bonds is 0. The maximum atomic E-state index is 10.1. The lowest BCUT2D eigenvalue weighted by atomic mass is 9.66. The van der Waals surface area contributed by atoms with Crippen LogP contribution in [0.5, 0.6) is 0 Å². The van der Waals surface area contributed by atoms with Gasteiger partial charge in [0.15, 0.2) is 0 Å². The first-order valence-corrected chi connectivity index (χ1v) is 9.39. The summed E-state index contributed by atoms with van der Waals surface area (Å²) in [6.07, 6.45) is 5.58. The van der Waals surface area contributed by atoms with Gasteiger partial charge in [0.25, 0.3) is 0 Å². The van der Waals surface area contributed by atoms with E-state index in [1.54, 1.807) is 0 Å². The van der Waals surface area contributed by atoms with Crippen molar-refractivity contribution in [2.45, 2.75) is 44.6 Å². The molecule has 2 aliphatic rings. The molecule has 0 radical (unpaired) electrons. The molecule has 3 heteroatoms. The second kappa shape index (κ2) is 6.14. The number of halogens is 2. The molecular formula is C19H22BrClO. The Morgan fingerprint density at radius 1 is 1.23 bits per heavy atom. The van der Waals surface area contributed by atoms with E-state index in [0.29, 0.717) is 5.92 Å². The summed E-state index contributed by atoms with van der Waals surface area (Å²) in [5, 5.41) is 12.8. The summed E-state index contributed by atoms with van der Waals surface area (Å²) in [6.45, 7) is 2.36. The average molecular weight is 382 g/mol. The Bertz CT molecular complexity index is 699. The summed E-state index contributed by atoms with van der Waals surface area (Å²) in [5.41, 5.74) is 3.27. The number of fused-ring (bicyclic) bond motifs is 5. The Kier molecular flexibility index (Phi) is 4.55. The highest BCUT2D eigenvalue weighted by atomic mass is 79.9. The molecule has 0 heterocycles. The number of aliphatic hydroxyl groups excluding tert-OH is 1. The fraction of sp³-hybridized carbons (Fsp3) is 0.474. The van der Waals surface area contributed by atoms with Gasteiger partial charge in [0.2, 0.25) is 0 Å². The third kappa shape index (κ3) is 2.50. The standard InChI is InChI=1S/C18H19BrO.CH3Cl/c1-18-7-6-13-12-4-2-3-5-14(12)17(19)9-15(13)16(18)8-11(20)10-18;1-2/h2-5,9,11,16,20H,6-8,10H2,1H3;1H3/t11-,16+,18-;/m0./s1. The third-order valence-corrected chi connectivity index (χ3v) is 6.17. The summed E-state index contributed by atoms with van der Waals surface area (Å²) >= 11 is 8.38. The number of hydrogen-bond acceptors (Lipinski definition) is 1. The predicted molar refractivity (Wildman–Crippen MR) is 97.8 cm³/mol. The lowest BCUT2D eigenvalue weighted by molar-refractivity contribution is 0.159. The van der Waals surface area contributed by atoms with Gasteiger partial charge in [-0.2, -0.15) is 0 Å². The SMILES string of the molecule is CCl.C[C@@]12CCc3c(cc(Br)c4ccccc34)[C@H]1C[C@H](O)C2. The van der Waals surface area contributed by atoms with E-state index >= 15 is 0 Å². The molecule has 0 aromatic heterocycles. The first-order chi connectivity index (χ1) is 10.6. The Morgan fingerprint density at radius 2 is 1.91 bits per heavy atom. The Morgan fingerprint density at radius 3 is 2.64 bits per heavy atom. The zero-order valence-corrected chi connectivity index (χ0v) is 15.4. The second-order valence-electron chi connectivity index (χ2n) is 6.77. The summed E-state index contributed by atoms with van der Waals surface area (Å²) in [7, 11) is 0. The van der Waals surface area contributed by atoms with Crippen LogP contribution in [0.1, 0.15) is 43.2 Å². The molecule has 0 spiro atoms. The van der Waals surface area contributed by atoms with Gasteiger partial charge in [-0.15, -0.1) is 11.6 Å². The summed E-state index contributed by atoms with van der Waals surface area (Å²) in [5.74, 6) is 0.516. The van der Waals surface area contributed by atoms with Crippen LogP contribution >= 0.6 is 27.5 Å². The molecule has 22 heavy (non-hydrogen) atoms. The van der Waals surface area contributed by atoms with Crippen LogP contribution in [-0.4, -0.2) is 17.6 Å². The highest BCUT2D eigenvalue weighted by Crippen LogP contribution is 2.56. The fourth-order valence-corrected chi connectivity index (χ4v) is 5.10. The molecule has 0 unspecified atom stereocenters. The van der Waals surface area contributed by atoms with Crippen LogP contribution in [0.15, 0.2) is 34.8 Å². The molecule has 0 saturated heterocycles. The molecule has 0 amide bonds. The van der Waals surface area contributed by atoms with E-state index in [2.05, 4.69) is 64.8 Å². The van der Waals surface area contributed by atoms with Crippen LogP contribution in [0.25, 0.3) is 10.8 Å². The lowest BCUT2D eigenvalue weighted by Gasteiger charge is -2.38. The number of aliphatic hydroxyl groups is 1. The van der Waals surface area contributed by atoms with Crippen molar-refractivity contribution in [3.05, 3.63) is 45.9 Å². The molecule has 118 valence electrons. The summed E-state index contributed by atoms with van der Waals surface area (Å²) in [6, 6.07) is 11.0. The molecular weight excluding hydrogens is 360 g/mol.